The summed E-state index contributed by atoms with van der Waals surface area (Å²) in [6.45, 7) is 60.2. The first-order valence-corrected chi connectivity index (χ1v) is 53.7. The van der Waals surface area contributed by atoms with Gasteiger partial charge < -0.3 is 14.6 Å². The molecule has 0 unspecified atom stereocenters. The number of hydrogen-bond donors (Lipinski definition) is 1. The van der Waals surface area contributed by atoms with Gasteiger partial charge in [-0.1, -0.05) is 269 Å². The Balaban J connectivity index is 0.000000161. The number of esters is 2. The first-order chi connectivity index (χ1) is 60.9. The lowest BCUT2D eigenvalue weighted by Crippen LogP contribution is -2.34. The predicted octanol–water partition coefficient (Wildman–Crippen LogP) is 30.2. The molecule has 131 heavy (non-hydrogen) atoms. The number of fused-ring (bicyclic) bond motifs is 6. The van der Waals surface area contributed by atoms with Crippen molar-refractivity contribution in [2.45, 2.75) is 400 Å². The fourth-order valence-corrected chi connectivity index (χ4v) is 25.6. The monoisotopic (exact) mass is 1860 g/mol. The highest BCUT2D eigenvalue weighted by atomic mass is 32.2. The van der Waals surface area contributed by atoms with Crippen molar-refractivity contribution in [2.75, 3.05) is 18.3 Å². The zero-order valence-electron chi connectivity index (χ0n) is 83.9. The van der Waals surface area contributed by atoms with Crippen molar-refractivity contribution in [2.24, 2.45) is 0 Å². The van der Waals surface area contributed by atoms with Crippen LogP contribution < -0.4 is 0 Å². The maximum Gasteiger partial charge on any atom is 0.306 e. The number of carbonyl (C=O) groups is 3. The molecule has 0 heterocycles. The fourth-order valence-electron chi connectivity index (χ4n) is 20.2. The predicted molar refractivity (Wildman–Crippen MR) is 547 cm³/mol. The normalized spacial score (nSPS) is 19.1. The highest BCUT2D eigenvalue weighted by Crippen LogP contribution is 2.54. The minimum absolute atomic E-state index is 0.0296. The minimum atomic E-state index is -3.62. The Morgan fingerprint density at radius 2 is 0.496 bits per heavy atom. The second kappa shape index (κ2) is 40.3. The Morgan fingerprint density at radius 3 is 0.779 bits per heavy atom. The molecule has 6 aliphatic carbocycles. The zero-order chi connectivity index (χ0) is 96.3. The minimum Gasteiger partial charge on any atom is -0.481 e. The van der Waals surface area contributed by atoms with Crippen LogP contribution >= 0.6 is 35.3 Å². The summed E-state index contributed by atoms with van der Waals surface area (Å²) < 4.78 is 62.9. The van der Waals surface area contributed by atoms with Crippen molar-refractivity contribution in [1.82, 2.24) is 0 Å². The van der Waals surface area contributed by atoms with Gasteiger partial charge >= 0.3 is 17.9 Å². The molecule has 9 aromatic carbocycles. The van der Waals surface area contributed by atoms with Crippen LogP contribution in [0, 0.1) is 0 Å². The fraction of sp³-hybridized carbons (Fsp3) is 0.509. The quantitative estimate of drug-likeness (QED) is 0.0412. The molecule has 0 spiro atoms. The third-order valence-electron chi connectivity index (χ3n) is 30.1. The number of carboxylic acid groups (broad SMARTS) is 1. The second-order valence-electron chi connectivity index (χ2n) is 45.6. The third kappa shape index (κ3) is 24.8. The first kappa shape index (κ1) is 104. The van der Waals surface area contributed by atoms with Crippen LogP contribution in [-0.4, -0.2) is 58.1 Å². The lowest BCUT2D eigenvalue weighted by Gasteiger charge is -2.42. The molecule has 0 aromatic heterocycles. The molecule has 15 heteroatoms. The van der Waals surface area contributed by atoms with Crippen molar-refractivity contribution < 1.29 is 45.8 Å². The lowest BCUT2D eigenvalue weighted by molar-refractivity contribution is -0.144. The maximum absolute atomic E-state index is 13.3. The number of rotatable bonds is 21. The van der Waals surface area contributed by atoms with E-state index in [1.807, 2.05) is 66.5 Å². The molecular weight excluding hydrogens is 1710 g/mol. The Kier molecular flexibility index (Phi) is 32.0. The van der Waals surface area contributed by atoms with Gasteiger partial charge in [-0.3, -0.25) is 14.4 Å². The van der Waals surface area contributed by atoms with Crippen LogP contribution in [0.4, 0.5) is 0 Å². The Morgan fingerprint density at radius 1 is 0.275 bits per heavy atom. The SMILES string of the molecule is CC1(C)CCC(C)(C)c2cc(S(=O)(=O)c3ccc(CCC(=O)O)cc3)ccc21.CC1(C)CCC(C)(C)c2cc(SCSc3ccc4c(c3)C(C)(C)CCC4(C)C)ccc21.CC1(C)CCC(C)(C)c2ccccc21.CCOC(=O)CCc1ccc(S(=O)(=O)c2ccc3c(c2)C(C)(C)CCC3(C)C)cc1.CCOC(=O)CCc1ccc(Sc2ccc3c(c2)C(C)(C)CCC3(C)C)cc1. The smallest absolute Gasteiger partial charge is 0.306 e. The standard InChI is InChI=1S/C29H40S2.C25H32O4S.C25H32O2S.C23H28O4S.C14H20/c1-26(2)13-15-28(5,6)24-17-20(9-11-22(24)26)30-19-31-21-10-12-23-25(18-21)29(7,8)16-14-27(23,3)4;1-6-29-23(26)14-9-18-7-10-19(11-8-18)30(27,28)20-12-13-21-22(17-20)25(4,5)16-15-24(21,2)3;1-6-27-23(26)14-9-18-7-10-19(11-8-18)28-20-12-13-21-22(17-20)25(4,5)16-15-24(21,2)3;1-22(2)13-14-23(3,4)20-15-18(10-11-19(20)22)28(26,27)17-8-5-16(6-9-17)7-12-21(24)25;1-13(2)9-10-14(3,4)12-8-6-5-7-11(12)13/h9-12,17-18H,13-16,19H2,1-8H3;7-8,10-13,17H,6,9,14-16H2,1-5H3;7-8,10-13,17H,6,9,14-16H2,1-5H3;5-6,8-11,15H,7,12-14H2,1-4H3,(H,24,25);5-8H,9-10H2,1-4H3. The number of carboxylic acids is 1. The van der Waals surface area contributed by atoms with E-state index in [0.29, 0.717) is 63.9 Å². The van der Waals surface area contributed by atoms with Crippen LogP contribution in [0.1, 0.15) is 360 Å². The van der Waals surface area contributed by atoms with Gasteiger partial charge in [0.05, 0.1) is 32.8 Å². The average molecular weight is 1870 g/mol. The van der Waals surface area contributed by atoms with E-state index in [-0.39, 0.29) is 77.9 Å². The van der Waals surface area contributed by atoms with Gasteiger partial charge in [-0.2, -0.15) is 0 Å². The van der Waals surface area contributed by atoms with Crippen molar-refractivity contribution in [1.29, 1.82) is 0 Å². The Labute approximate surface area is 802 Å². The van der Waals surface area contributed by atoms with Gasteiger partial charge in [-0.25, -0.2) is 16.8 Å². The first-order valence-electron chi connectivity index (χ1n) is 48.0. The van der Waals surface area contributed by atoms with Crippen LogP contribution in [0.2, 0.25) is 0 Å². The highest BCUT2D eigenvalue weighted by molar-refractivity contribution is 8.16. The van der Waals surface area contributed by atoms with E-state index < -0.39 is 25.6 Å². The van der Waals surface area contributed by atoms with Gasteiger partial charge in [0, 0.05) is 43.9 Å². The molecule has 9 aromatic rings. The number of hydrogen-bond acceptors (Lipinski definition) is 12. The molecule has 0 saturated carbocycles. The van der Waals surface area contributed by atoms with Crippen LogP contribution in [-0.2, 0) is 128 Å². The molecule has 0 saturated heterocycles. The number of ether oxygens (including phenoxy) is 2. The van der Waals surface area contributed by atoms with Gasteiger partial charge in [0.1, 0.15) is 0 Å². The van der Waals surface area contributed by atoms with E-state index in [1.54, 1.807) is 101 Å². The molecule has 15 rings (SSSR count). The molecule has 1 N–H and O–H groups in total. The Bertz CT molecular complexity index is 5700. The number of benzene rings is 9. The number of thioether (sulfide) groups is 2. The van der Waals surface area contributed by atoms with E-state index >= 15 is 0 Å². The van der Waals surface area contributed by atoms with E-state index in [1.165, 1.54) is 98.8 Å². The second-order valence-corrected chi connectivity index (χ2v) is 53.1. The average Bonchev–Trinajstić information content (AvgIpc) is 0.736. The van der Waals surface area contributed by atoms with Gasteiger partial charge in [0.2, 0.25) is 19.7 Å². The molecule has 706 valence electrons. The van der Waals surface area contributed by atoms with Crippen molar-refractivity contribution in [3.05, 3.63) is 272 Å². The summed E-state index contributed by atoms with van der Waals surface area (Å²) in [6.07, 6.45) is 16.8. The number of aryl methyl sites for hydroxylation is 3. The topological polar surface area (TPSA) is 158 Å². The van der Waals surface area contributed by atoms with Gasteiger partial charge in [-0.05, 0) is 356 Å². The number of aliphatic carboxylic acids is 1. The molecule has 0 amide bonds. The summed E-state index contributed by atoms with van der Waals surface area (Å²) >= 11 is 5.79. The van der Waals surface area contributed by atoms with Crippen LogP contribution in [0.25, 0.3) is 0 Å². The lowest BCUT2D eigenvalue weighted by atomic mass is 9.63. The molecule has 6 aliphatic rings. The third-order valence-corrected chi connectivity index (χ3v) is 36.7. The summed E-state index contributed by atoms with van der Waals surface area (Å²) in [4.78, 5) is 40.3. The molecule has 0 atom stereocenters. The van der Waals surface area contributed by atoms with Crippen molar-refractivity contribution >= 4 is 72.9 Å². The summed E-state index contributed by atoms with van der Waals surface area (Å²) in [5.41, 5.74) is 22.3. The summed E-state index contributed by atoms with van der Waals surface area (Å²) in [7, 11) is -7.23. The number of sulfone groups is 2. The van der Waals surface area contributed by atoms with Crippen molar-refractivity contribution in [3.63, 3.8) is 0 Å². The molecule has 0 fully saturated rings. The molecule has 0 radical (unpaired) electrons. The van der Waals surface area contributed by atoms with Crippen LogP contribution in [0.3, 0.4) is 0 Å². The molecular formula is C116H152O10S5. The van der Waals surface area contributed by atoms with Gasteiger partial charge in [0.15, 0.2) is 0 Å². The summed E-state index contributed by atoms with van der Waals surface area (Å²) in [5, 5.41) is 9.85. The molecule has 10 nitrogen and oxygen atoms in total. The van der Waals surface area contributed by atoms with Crippen LogP contribution in [0.15, 0.2) is 227 Å². The maximum atomic E-state index is 13.3. The zero-order valence-corrected chi connectivity index (χ0v) is 88.0. The van der Waals surface area contributed by atoms with Crippen LogP contribution in [0.5, 0.6) is 0 Å². The Hall–Kier alpha value is -7.66. The van der Waals surface area contributed by atoms with E-state index in [4.69, 9.17) is 14.6 Å². The van der Waals surface area contributed by atoms with E-state index in [0.717, 1.165) is 59.4 Å². The van der Waals surface area contributed by atoms with Gasteiger partial charge in [-0.15, -0.1) is 23.5 Å². The molecule has 0 aliphatic heterocycles. The number of carbonyl (C=O) groups excluding carboxylic acids is 2. The summed E-state index contributed by atoms with van der Waals surface area (Å²) in [5.74, 6) is -1.23. The van der Waals surface area contributed by atoms with E-state index in [9.17, 15) is 31.2 Å². The van der Waals surface area contributed by atoms with Gasteiger partial charge in [0.25, 0.3) is 0 Å². The largest absolute Gasteiger partial charge is 0.481 e. The highest BCUT2D eigenvalue weighted by Gasteiger charge is 2.44. The van der Waals surface area contributed by atoms with Crippen molar-refractivity contribution in [3.8, 4) is 0 Å². The van der Waals surface area contributed by atoms with E-state index in [2.05, 4.69) is 269 Å². The summed E-state index contributed by atoms with van der Waals surface area (Å²) in [6, 6.07) is 63.5. The molecule has 0 bridgehead atoms.